The number of hydrogen-bond donors (Lipinski definition) is 1. The molecule has 0 aliphatic heterocycles. The molecule has 0 spiro atoms. The molecule has 0 heterocycles. The van der Waals surface area contributed by atoms with Gasteiger partial charge in [0.05, 0.1) is 20.3 Å². The van der Waals surface area contributed by atoms with Gasteiger partial charge in [-0.1, -0.05) is 48.5 Å². The third kappa shape index (κ3) is 6.37. The molecule has 1 N–H and O–H groups in total. The maximum Gasteiger partial charge on any atom is 0.430 e. The molecule has 0 aromatic heterocycles. The summed E-state index contributed by atoms with van der Waals surface area (Å²) >= 11 is 0. The molecule has 3 aromatic rings. The molecule has 0 amide bonds. The number of hydrogen-bond acceptors (Lipinski definition) is 4. The summed E-state index contributed by atoms with van der Waals surface area (Å²) in [6, 6.07) is 16.9. The molecular formula is C27H26F6O4. The van der Waals surface area contributed by atoms with E-state index in [0.29, 0.717) is 18.2 Å². The highest BCUT2D eigenvalue weighted by Gasteiger charge is 2.73. The zero-order chi connectivity index (χ0) is 27.3. The number of aliphatic hydroxyl groups is 1. The van der Waals surface area contributed by atoms with Crippen molar-refractivity contribution in [3.8, 4) is 11.5 Å². The van der Waals surface area contributed by atoms with E-state index in [0.717, 1.165) is 17.7 Å². The van der Waals surface area contributed by atoms with Gasteiger partial charge < -0.3 is 19.3 Å². The SMILES string of the molecule is COc1ccc(COC(c2ccc(OC(CO)Cc3ccccc3)c(C)c2)(C(F)(F)F)C(F)(F)F)cc1. The molecule has 0 saturated heterocycles. The summed E-state index contributed by atoms with van der Waals surface area (Å²) in [6.07, 6.45) is -12.1. The lowest BCUT2D eigenvalue weighted by atomic mass is 9.90. The summed E-state index contributed by atoms with van der Waals surface area (Å²) in [5.41, 5.74) is -4.74. The topological polar surface area (TPSA) is 47.9 Å². The molecule has 1 atom stereocenters. The highest BCUT2D eigenvalue weighted by molar-refractivity contribution is 5.40. The Hall–Kier alpha value is -3.24. The normalized spacial score (nSPS) is 13.3. The van der Waals surface area contributed by atoms with E-state index in [2.05, 4.69) is 0 Å². The van der Waals surface area contributed by atoms with Crippen molar-refractivity contribution in [1.82, 2.24) is 0 Å². The van der Waals surface area contributed by atoms with Crippen molar-refractivity contribution in [2.45, 2.75) is 44.0 Å². The molecule has 200 valence electrons. The average Bonchev–Trinajstić information content (AvgIpc) is 2.84. The molecule has 10 heteroatoms. The smallest absolute Gasteiger partial charge is 0.430 e. The highest BCUT2D eigenvalue weighted by atomic mass is 19.4. The Morgan fingerprint density at radius 3 is 1.95 bits per heavy atom. The van der Waals surface area contributed by atoms with Crippen LogP contribution in [0.1, 0.15) is 22.3 Å². The summed E-state index contributed by atoms with van der Waals surface area (Å²) in [5.74, 6) is 0.438. The molecule has 0 fully saturated rings. The van der Waals surface area contributed by atoms with Crippen LogP contribution in [0.2, 0.25) is 0 Å². The predicted molar refractivity (Wildman–Crippen MR) is 124 cm³/mol. The van der Waals surface area contributed by atoms with Gasteiger partial charge in [-0.3, -0.25) is 0 Å². The predicted octanol–water partition coefficient (Wildman–Crippen LogP) is 6.52. The van der Waals surface area contributed by atoms with E-state index in [1.807, 2.05) is 18.2 Å². The van der Waals surface area contributed by atoms with Gasteiger partial charge in [0.1, 0.15) is 17.6 Å². The first-order chi connectivity index (χ1) is 17.4. The number of aryl methyl sites for hydroxylation is 1. The first-order valence-electron chi connectivity index (χ1n) is 11.2. The molecule has 0 aliphatic carbocycles. The lowest BCUT2D eigenvalue weighted by Gasteiger charge is -2.37. The minimum absolute atomic E-state index is 0.0231. The Labute approximate surface area is 210 Å². The number of aliphatic hydroxyl groups excluding tert-OH is 1. The van der Waals surface area contributed by atoms with E-state index in [9.17, 15) is 31.4 Å². The lowest BCUT2D eigenvalue weighted by molar-refractivity contribution is -0.392. The average molecular weight is 528 g/mol. The van der Waals surface area contributed by atoms with E-state index in [4.69, 9.17) is 14.2 Å². The van der Waals surface area contributed by atoms with Crippen molar-refractivity contribution < 1.29 is 45.7 Å². The molecule has 4 nitrogen and oxygen atoms in total. The molecule has 0 saturated carbocycles. The van der Waals surface area contributed by atoms with Crippen molar-refractivity contribution in [3.05, 3.63) is 95.1 Å². The minimum Gasteiger partial charge on any atom is -0.497 e. The van der Waals surface area contributed by atoms with Crippen LogP contribution in [0.25, 0.3) is 0 Å². The quantitative estimate of drug-likeness (QED) is 0.305. The van der Waals surface area contributed by atoms with Crippen LogP contribution >= 0.6 is 0 Å². The molecule has 3 aromatic carbocycles. The number of methoxy groups -OCH3 is 1. The fourth-order valence-electron chi connectivity index (χ4n) is 3.85. The van der Waals surface area contributed by atoms with Gasteiger partial charge in [0.15, 0.2) is 0 Å². The fourth-order valence-corrected chi connectivity index (χ4v) is 3.85. The van der Waals surface area contributed by atoms with Crippen LogP contribution in [0, 0.1) is 6.92 Å². The van der Waals surface area contributed by atoms with Crippen LogP contribution in [-0.4, -0.2) is 37.3 Å². The van der Waals surface area contributed by atoms with E-state index < -0.39 is 42.8 Å². The molecule has 0 bridgehead atoms. The van der Waals surface area contributed by atoms with Crippen LogP contribution in [0.3, 0.4) is 0 Å². The summed E-state index contributed by atoms with van der Waals surface area (Å²) in [7, 11) is 1.38. The number of halogens is 6. The van der Waals surface area contributed by atoms with Crippen LogP contribution in [0.4, 0.5) is 26.3 Å². The monoisotopic (exact) mass is 528 g/mol. The van der Waals surface area contributed by atoms with Gasteiger partial charge in [-0.15, -0.1) is 0 Å². The summed E-state index contributed by atoms with van der Waals surface area (Å²) in [6.45, 7) is -0.0309. The van der Waals surface area contributed by atoms with Crippen molar-refractivity contribution >= 4 is 0 Å². The van der Waals surface area contributed by atoms with Gasteiger partial charge in [0.25, 0.3) is 5.60 Å². The van der Waals surface area contributed by atoms with Gasteiger partial charge in [-0.05, 0) is 47.9 Å². The van der Waals surface area contributed by atoms with Gasteiger partial charge >= 0.3 is 12.4 Å². The zero-order valence-electron chi connectivity index (χ0n) is 20.1. The maximum absolute atomic E-state index is 14.2. The molecule has 1 unspecified atom stereocenters. The van der Waals surface area contributed by atoms with Crippen LogP contribution < -0.4 is 9.47 Å². The number of alkyl halides is 6. The Morgan fingerprint density at radius 1 is 0.811 bits per heavy atom. The maximum atomic E-state index is 14.2. The zero-order valence-corrected chi connectivity index (χ0v) is 20.1. The van der Waals surface area contributed by atoms with Crippen molar-refractivity contribution in [3.63, 3.8) is 0 Å². The molecule has 3 rings (SSSR count). The largest absolute Gasteiger partial charge is 0.497 e. The first kappa shape index (κ1) is 28.3. The van der Waals surface area contributed by atoms with Crippen LogP contribution in [0.5, 0.6) is 11.5 Å². The van der Waals surface area contributed by atoms with Gasteiger partial charge in [-0.2, -0.15) is 26.3 Å². The number of benzene rings is 3. The Balaban J connectivity index is 1.93. The third-order valence-corrected chi connectivity index (χ3v) is 5.80. The summed E-state index contributed by atoms with van der Waals surface area (Å²) in [5, 5.41) is 9.70. The Morgan fingerprint density at radius 2 is 1.43 bits per heavy atom. The standard InChI is InChI=1S/C27H26F6O4/c1-18-14-21(10-13-24(18)37-23(16-34)15-19-6-4-3-5-7-19)25(26(28,29)30,27(31,32)33)36-17-20-8-11-22(35-2)12-9-20/h3-14,23,34H,15-17H2,1-2H3. The second kappa shape index (κ2) is 11.4. The van der Waals surface area contributed by atoms with Crippen LogP contribution in [0.15, 0.2) is 72.8 Å². The molecule has 0 aliphatic rings. The summed E-state index contributed by atoms with van der Waals surface area (Å²) in [4.78, 5) is 0. The van der Waals surface area contributed by atoms with Crippen LogP contribution in [-0.2, 0) is 23.4 Å². The lowest BCUT2D eigenvalue weighted by Crippen LogP contribution is -2.55. The Kier molecular flexibility index (Phi) is 8.76. The molecule has 37 heavy (non-hydrogen) atoms. The highest BCUT2D eigenvalue weighted by Crippen LogP contribution is 2.53. The number of ether oxygens (including phenoxy) is 3. The van der Waals surface area contributed by atoms with Crippen molar-refractivity contribution in [2.24, 2.45) is 0 Å². The van der Waals surface area contributed by atoms with Crippen molar-refractivity contribution in [1.29, 1.82) is 0 Å². The van der Waals surface area contributed by atoms with Crippen molar-refractivity contribution in [2.75, 3.05) is 13.7 Å². The fraction of sp³-hybridized carbons (Fsp3) is 0.333. The van der Waals surface area contributed by atoms with E-state index in [-0.39, 0.29) is 16.9 Å². The van der Waals surface area contributed by atoms with Gasteiger partial charge in [0, 0.05) is 12.0 Å². The molecule has 0 radical (unpaired) electrons. The number of rotatable bonds is 10. The van der Waals surface area contributed by atoms with Gasteiger partial charge in [-0.25, -0.2) is 0 Å². The third-order valence-electron chi connectivity index (χ3n) is 5.80. The van der Waals surface area contributed by atoms with Gasteiger partial charge in [0.2, 0.25) is 0 Å². The first-order valence-corrected chi connectivity index (χ1v) is 11.2. The second-order valence-corrected chi connectivity index (χ2v) is 8.41. The Bertz CT molecular complexity index is 1130. The molecular weight excluding hydrogens is 502 g/mol. The second-order valence-electron chi connectivity index (χ2n) is 8.41. The minimum atomic E-state index is -5.83. The van der Waals surface area contributed by atoms with E-state index in [1.54, 1.807) is 12.1 Å². The van der Waals surface area contributed by atoms with E-state index in [1.165, 1.54) is 38.3 Å². The van der Waals surface area contributed by atoms with E-state index >= 15 is 0 Å². The summed E-state index contributed by atoms with van der Waals surface area (Å²) < 4.78 is 101.